The highest BCUT2D eigenvalue weighted by Gasteiger charge is 2.36. The van der Waals surface area contributed by atoms with Crippen LogP contribution in [0.1, 0.15) is 44.3 Å². The van der Waals surface area contributed by atoms with E-state index in [1.165, 1.54) is 5.56 Å². The van der Waals surface area contributed by atoms with Crippen LogP contribution < -0.4 is 9.80 Å². The van der Waals surface area contributed by atoms with Crippen LogP contribution >= 0.6 is 0 Å². The van der Waals surface area contributed by atoms with Gasteiger partial charge in [-0.2, -0.15) is 13.2 Å². The van der Waals surface area contributed by atoms with Gasteiger partial charge < -0.3 is 9.80 Å². The predicted octanol–water partition coefficient (Wildman–Crippen LogP) is 4.45. The first-order valence-corrected chi connectivity index (χ1v) is 12.0. The van der Waals surface area contributed by atoms with E-state index in [1.54, 1.807) is 0 Å². The van der Waals surface area contributed by atoms with Crippen LogP contribution in [-0.2, 0) is 22.8 Å². The van der Waals surface area contributed by atoms with Crippen LogP contribution in [0.3, 0.4) is 0 Å². The van der Waals surface area contributed by atoms with Gasteiger partial charge in [-0.15, -0.1) is 0 Å². The van der Waals surface area contributed by atoms with E-state index in [0.717, 1.165) is 24.7 Å². The summed E-state index contributed by atoms with van der Waals surface area (Å²) >= 11 is 0. The Balaban J connectivity index is 1.34. The van der Waals surface area contributed by atoms with E-state index in [1.807, 2.05) is 54.8 Å². The molecule has 35 heavy (non-hydrogen) atoms. The molecular weight excluding hydrogens is 455 g/mol. The monoisotopic (exact) mass is 487 g/mol. The summed E-state index contributed by atoms with van der Waals surface area (Å²) in [6.45, 7) is 9.30. The van der Waals surface area contributed by atoms with Crippen molar-refractivity contribution in [1.29, 1.82) is 0 Å². The number of para-hydroxylation sites is 1. The molecule has 0 aliphatic carbocycles. The van der Waals surface area contributed by atoms with Crippen LogP contribution in [0, 0.1) is 0 Å². The minimum atomic E-state index is -4.51. The van der Waals surface area contributed by atoms with Gasteiger partial charge in [-0.1, -0.05) is 51.1 Å². The van der Waals surface area contributed by atoms with Crippen LogP contribution in [0.25, 0.3) is 0 Å². The first kappa shape index (κ1) is 25.2. The molecule has 0 spiro atoms. The SMILES string of the molecule is CC(C)(C)c1nc(N2CCN(CC=CCN3C(=O)CCc4ccccc43)CC2)cc(C(F)(F)F)n1. The van der Waals surface area contributed by atoms with Crippen molar-refractivity contribution in [3.63, 3.8) is 0 Å². The predicted molar refractivity (Wildman–Crippen MR) is 131 cm³/mol. The van der Waals surface area contributed by atoms with Gasteiger partial charge in [-0.3, -0.25) is 9.69 Å². The normalized spacial score (nSPS) is 17.8. The number of anilines is 2. The molecule has 2 aromatic rings. The molecule has 1 saturated heterocycles. The zero-order valence-electron chi connectivity index (χ0n) is 20.5. The first-order valence-electron chi connectivity index (χ1n) is 12.0. The number of amides is 1. The highest BCUT2D eigenvalue weighted by Crippen LogP contribution is 2.32. The summed E-state index contributed by atoms with van der Waals surface area (Å²) in [7, 11) is 0. The second-order valence-corrected chi connectivity index (χ2v) is 10.1. The smallest absolute Gasteiger partial charge is 0.354 e. The van der Waals surface area contributed by atoms with Crippen molar-refractivity contribution in [2.24, 2.45) is 0 Å². The van der Waals surface area contributed by atoms with Crippen molar-refractivity contribution < 1.29 is 18.0 Å². The molecule has 188 valence electrons. The fourth-order valence-corrected chi connectivity index (χ4v) is 4.34. The molecule has 2 aliphatic heterocycles. The van der Waals surface area contributed by atoms with Crippen molar-refractivity contribution in [2.75, 3.05) is 49.1 Å². The number of rotatable bonds is 5. The molecule has 0 unspecified atom stereocenters. The summed E-state index contributed by atoms with van der Waals surface area (Å²) in [6.07, 6.45) is 0.878. The minimum absolute atomic E-state index is 0.139. The third-order valence-electron chi connectivity index (χ3n) is 6.38. The lowest BCUT2D eigenvalue weighted by atomic mass is 9.95. The highest BCUT2D eigenvalue weighted by molar-refractivity contribution is 5.96. The number of piperazine rings is 1. The molecular formula is C26H32F3N5O. The third kappa shape index (κ3) is 6.01. The van der Waals surface area contributed by atoms with Gasteiger partial charge in [-0.25, -0.2) is 9.97 Å². The molecule has 1 aromatic heterocycles. The van der Waals surface area contributed by atoms with Gasteiger partial charge >= 0.3 is 6.18 Å². The minimum Gasteiger partial charge on any atom is -0.354 e. The Morgan fingerprint density at radius 2 is 1.63 bits per heavy atom. The van der Waals surface area contributed by atoms with E-state index in [-0.39, 0.29) is 11.7 Å². The molecule has 0 saturated carbocycles. The van der Waals surface area contributed by atoms with Crippen molar-refractivity contribution in [3.05, 3.63) is 59.6 Å². The Bertz CT molecular complexity index is 1050. The van der Waals surface area contributed by atoms with Gasteiger partial charge in [0.2, 0.25) is 5.91 Å². The number of hydrogen-bond acceptors (Lipinski definition) is 5. The van der Waals surface area contributed by atoms with Crippen LogP contribution in [0.5, 0.6) is 0 Å². The molecule has 0 radical (unpaired) electrons. The van der Waals surface area contributed by atoms with E-state index in [2.05, 4.69) is 27.0 Å². The summed E-state index contributed by atoms with van der Waals surface area (Å²) in [5.74, 6) is 0.663. The number of nitrogens with zero attached hydrogens (tertiary/aromatic N) is 5. The Hall–Kier alpha value is -2.94. The maximum Gasteiger partial charge on any atom is 0.433 e. The zero-order chi connectivity index (χ0) is 25.2. The lowest BCUT2D eigenvalue weighted by Crippen LogP contribution is -2.47. The molecule has 2 aliphatic rings. The number of benzene rings is 1. The number of carbonyl (C=O) groups excluding carboxylic acids is 1. The van der Waals surface area contributed by atoms with Gasteiger partial charge in [0.05, 0.1) is 0 Å². The number of hydrogen-bond donors (Lipinski definition) is 0. The number of halogens is 3. The molecule has 1 aromatic carbocycles. The van der Waals surface area contributed by atoms with Crippen molar-refractivity contribution in [3.8, 4) is 0 Å². The second-order valence-electron chi connectivity index (χ2n) is 10.1. The molecule has 6 nitrogen and oxygen atoms in total. The fraction of sp³-hybridized carbons (Fsp3) is 0.500. The Labute approximate surface area is 204 Å². The van der Waals surface area contributed by atoms with Crippen LogP contribution in [0.4, 0.5) is 24.7 Å². The van der Waals surface area contributed by atoms with Crippen LogP contribution in [0.2, 0.25) is 0 Å². The molecule has 0 atom stereocenters. The van der Waals surface area contributed by atoms with Gasteiger partial charge in [0.25, 0.3) is 0 Å². The number of aryl methyl sites for hydroxylation is 1. The maximum absolute atomic E-state index is 13.4. The Kier molecular flexibility index (Phi) is 7.17. The number of aromatic nitrogens is 2. The quantitative estimate of drug-likeness (QED) is 0.584. The molecule has 0 N–H and O–H groups in total. The van der Waals surface area contributed by atoms with Crippen molar-refractivity contribution >= 4 is 17.4 Å². The summed E-state index contributed by atoms with van der Waals surface area (Å²) in [4.78, 5) is 26.6. The lowest BCUT2D eigenvalue weighted by molar-refractivity contribution is -0.141. The summed E-state index contributed by atoms with van der Waals surface area (Å²) in [5.41, 5.74) is 0.704. The molecule has 9 heteroatoms. The number of alkyl halides is 3. The first-order chi connectivity index (χ1) is 16.5. The summed E-state index contributed by atoms with van der Waals surface area (Å²) in [5, 5.41) is 0. The highest BCUT2D eigenvalue weighted by atomic mass is 19.4. The number of fused-ring (bicyclic) bond motifs is 1. The van der Waals surface area contributed by atoms with Gasteiger partial charge in [-0.05, 0) is 18.1 Å². The molecule has 1 amide bonds. The largest absolute Gasteiger partial charge is 0.433 e. The van der Waals surface area contributed by atoms with Gasteiger partial charge in [0, 0.05) is 62.9 Å². The molecule has 4 rings (SSSR count). The van der Waals surface area contributed by atoms with Crippen molar-refractivity contribution in [2.45, 2.75) is 45.2 Å². The molecule has 1 fully saturated rings. The summed E-state index contributed by atoms with van der Waals surface area (Å²) in [6, 6.07) is 9.06. The average Bonchev–Trinajstić information content (AvgIpc) is 2.82. The topological polar surface area (TPSA) is 52.6 Å². The number of carbonyl (C=O) groups is 1. The van der Waals surface area contributed by atoms with Gasteiger partial charge in [0.15, 0.2) is 0 Å². The van der Waals surface area contributed by atoms with E-state index in [0.29, 0.717) is 45.0 Å². The Morgan fingerprint density at radius 1 is 0.943 bits per heavy atom. The van der Waals surface area contributed by atoms with E-state index >= 15 is 0 Å². The lowest BCUT2D eigenvalue weighted by Gasteiger charge is -2.35. The third-order valence-corrected chi connectivity index (χ3v) is 6.38. The molecule has 3 heterocycles. The Morgan fingerprint density at radius 3 is 2.31 bits per heavy atom. The van der Waals surface area contributed by atoms with Crippen LogP contribution in [-0.4, -0.2) is 60.0 Å². The van der Waals surface area contributed by atoms with Crippen molar-refractivity contribution in [1.82, 2.24) is 14.9 Å². The van der Waals surface area contributed by atoms with E-state index in [9.17, 15) is 18.0 Å². The van der Waals surface area contributed by atoms with Gasteiger partial charge in [0.1, 0.15) is 17.3 Å². The van der Waals surface area contributed by atoms with Crippen LogP contribution in [0.15, 0.2) is 42.5 Å². The van der Waals surface area contributed by atoms with E-state index < -0.39 is 17.3 Å². The molecule has 0 bridgehead atoms. The zero-order valence-corrected chi connectivity index (χ0v) is 20.5. The standard InChI is InChI=1S/C26H32F3N5O/c1-25(2,3)24-30-21(26(27,28)29)18-22(31-24)33-16-14-32(15-17-33)12-6-7-13-34-20-9-5-4-8-19(20)10-11-23(34)35/h4-9,18H,10-17H2,1-3H3. The fourth-order valence-electron chi connectivity index (χ4n) is 4.34. The maximum atomic E-state index is 13.4. The second kappa shape index (κ2) is 9.97. The average molecular weight is 488 g/mol. The summed E-state index contributed by atoms with van der Waals surface area (Å²) < 4.78 is 40.3. The van der Waals surface area contributed by atoms with E-state index in [4.69, 9.17) is 0 Å².